The van der Waals surface area contributed by atoms with Gasteiger partial charge in [-0.1, -0.05) is 35.3 Å². The zero-order chi connectivity index (χ0) is 16.4. The lowest BCUT2D eigenvalue weighted by Gasteiger charge is -2.33. The van der Waals surface area contributed by atoms with E-state index in [2.05, 4.69) is 4.90 Å². The van der Waals surface area contributed by atoms with Crippen molar-refractivity contribution in [3.8, 4) is 0 Å². The van der Waals surface area contributed by atoms with E-state index in [1.807, 2.05) is 24.3 Å². The second-order valence-corrected chi connectivity index (χ2v) is 9.68. The fourth-order valence-electron chi connectivity index (χ4n) is 2.54. The molecule has 124 valence electrons. The van der Waals surface area contributed by atoms with Gasteiger partial charge in [-0.15, -0.1) is 11.3 Å². The molecule has 3 rings (SSSR count). The summed E-state index contributed by atoms with van der Waals surface area (Å²) in [6.07, 6.45) is 0. The Balaban J connectivity index is 1.61. The van der Waals surface area contributed by atoms with Crippen LogP contribution in [0.4, 0.5) is 0 Å². The molecule has 1 fully saturated rings. The van der Waals surface area contributed by atoms with Gasteiger partial charge in [0.25, 0.3) is 10.0 Å². The number of benzene rings is 1. The second-order valence-electron chi connectivity index (χ2n) is 5.37. The van der Waals surface area contributed by atoms with Crippen molar-refractivity contribution in [1.82, 2.24) is 9.21 Å². The summed E-state index contributed by atoms with van der Waals surface area (Å²) in [6, 6.07) is 10.9. The van der Waals surface area contributed by atoms with Gasteiger partial charge in [0, 0.05) is 37.7 Å². The van der Waals surface area contributed by atoms with Crippen LogP contribution < -0.4 is 0 Å². The van der Waals surface area contributed by atoms with Crippen LogP contribution in [0.25, 0.3) is 0 Å². The van der Waals surface area contributed by atoms with Gasteiger partial charge in [0.15, 0.2) is 0 Å². The third-order valence-electron chi connectivity index (χ3n) is 3.79. The van der Waals surface area contributed by atoms with Crippen molar-refractivity contribution in [3.63, 3.8) is 0 Å². The maximum atomic E-state index is 12.5. The van der Waals surface area contributed by atoms with Gasteiger partial charge in [-0.25, -0.2) is 8.42 Å². The van der Waals surface area contributed by atoms with E-state index >= 15 is 0 Å². The van der Waals surface area contributed by atoms with E-state index in [0.717, 1.165) is 22.9 Å². The van der Waals surface area contributed by atoms with Crippen LogP contribution in [0.2, 0.25) is 9.36 Å². The zero-order valence-electron chi connectivity index (χ0n) is 12.3. The topological polar surface area (TPSA) is 40.6 Å². The summed E-state index contributed by atoms with van der Waals surface area (Å²) in [7, 11) is -3.42. The maximum absolute atomic E-state index is 12.5. The summed E-state index contributed by atoms with van der Waals surface area (Å²) >= 11 is 12.8. The predicted molar refractivity (Wildman–Crippen MR) is 94.8 cm³/mol. The van der Waals surface area contributed by atoms with Crippen molar-refractivity contribution in [2.45, 2.75) is 10.8 Å². The average Bonchev–Trinajstić information content (AvgIpc) is 2.98. The SMILES string of the molecule is O=S(=O)(c1ccc(Cl)s1)N1CCN(Cc2ccc(Cl)cc2)CC1. The predicted octanol–water partition coefficient (Wildman–Crippen LogP) is 3.56. The van der Waals surface area contributed by atoms with Crippen molar-refractivity contribution in [3.05, 3.63) is 51.3 Å². The van der Waals surface area contributed by atoms with Crippen molar-refractivity contribution in [2.75, 3.05) is 26.2 Å². The first-order chi connectivity index (χ1) is 10.9. The third-order valence-corrected chi connectivity index (χ3v) is 7.64. The van der Waals surface area contributed by atoms with Gasteiger partial charge in [0.1, 0.15) is 4.21 Å². The summed E-state index contributed by atoms with van der Waals surface area (Å²) in [5.74, 6) is 0. The molecule has 1 aromatic carbocycles. The molecule has 0 saturated carbocycles. The second kappa shape index (κ2) is 7.09. The molecular formula is C15H16Cl2N2O2S2. The molecule has 1 aromatic heterocycles. The summed E-state index contributed by atoms with van der Waals surface area (Å²) in [6.45, 7) is 3.20. The van der Waals surface area contributed by atoms with Gasteiger partial charge in [0.2, 0.25) is 0 Å². The van der Waals surface area contributed by atoms with E-state index in [1.165, 1.54) is 9.87 Å². The zero-order valence-corrected chi connectivity index (χ0v) is 15.4. The van der Waals surface area contributed by atoms with Crippen LogP contribution in [0.15, 0.2) is 40.6 Å². The van der Waals surface area contributed by atoms with Crippen LogP contribution in [0, 0.1) is 0 Å². The first-order valence-electron chi connectivity index (χ1n) is 7.17. The number of hydrogen-bond acceptors (Lipinski definition) is 4. The Bertz CT molecular complexity index is 767. The van der Waals surface area contributed by atoms with Crippen LogP contribution >= 0.6 is 34.5 Å². The van der Waals surface area contributed by atoms with Gasteiger partial charge in [-0.2, -0.15) is 4.31 Å². The van der Waals surface area contributed by atoms with Gasteiger partial charge in [0.05, 0.1) is 4.34 Å². The lowest BCUT2D eigenvalue weighted by Crippen LogP contribution is -2.48. The standard InChI is InChI=1S/C15H16Cl2N2O2S2/c16-13-3-1-12(2-4-13)11-18-7-9-19(10-8-18)23(20,21)15-6-5-14(17)22-15/h1-6H,7-11H2. The molecule has 0 bridgehead atoms. The van der Waals surface area contributed by atoms with Crippen LogP contribution in [0.3, 0.4) is 0 Å². The van der Waals surface area contributed by atoms with E-state index in [-0.39, 0.29) is 0 Å². The molecular weight excluding hydrogens is 375 g/mol. The molecule has 0 N–H and O–H groups in total. The quantitative estimate of drug-likeness (QED) is 0.800. The number of rotatable bonds is 4. The summed E-state index contributed by atoms with van der Waals surface area (Å²) in [5.41, 5.74) is 1.18. The lowest BCUT2D eigenvalue weighted by atomic mass is 10.2. The van der Waals surface area contributed by atoms with Gasteiger partial charge in [-0.3, -0.25) is 4.90 Å². The van der Waals surface area contributed by atoms with E-state index in [9.17, 15) is 8.42 Å². The molecule has 1 aliphatic heterocycles. The number of piperazine rings is 1. The summed E-state index contributed by atoms with van der Waals surface area (Å²) in [4.78, 5) is 2.25. The van der Waals surface area contributed by atoms with Crippen LogP contribution in [-0.4, -0.2) is 43.8 Å². The minimum absolute atomic E-state index is 0.314. The Morgan fingerprint density at radius 3 is 2.17 bits per heavy atom. The molecule has 0 aliphatic carbocycles. The smallest absolute Gasteiger partial charge is 0.252 e. The van der Waals surface area contributed by atoms with Crippen LogP contribution in [0.5, 0.6) is 0 Å². The fraction of sp³-hybridized carbons (Fsp3) is 0.333. The normalized spacial score (nSPS) is 17.5. The van der Waals surface area contributed by atoms with Gasteiger partial charge >= 0.3 is 0 Å². The lowest BCUT2D eigenvalue weighted by molar-refractivity contribution is 0.182. The Labute approximate surface area is 150 Å². The highest BCUT2D eigenvalue weighted by molar-refractivity contribution is 7.91. The minimum atomic E-state index is -3.42. The monoisotopic (exact) mass is 390 g/mol. The first kappa shape index (κ1) is 17.2. The van der Waals surface area contributed by atoms with E-state index in [4.69, 9.17) is 23.2 Å². The van der Waals surface area contributed by atoms with E-state index in [1.54, 1.807) is 12.1 Å². The number of thiophene rings is 1. The van der Waals surface area contributed by atoms with Crippen molar-refractivity contribution >= 4 is 44.6 Å². The minimum Gasteiger partial charge on any atom is -0.296 e. The Morgan fingerprint density at radius 2 is 1.61 bits per heavy atom. The molecule has 0 spiro atoms. The molecule has 0 amide bonds. The largest absolute Gasteiger partial charge is 0.296 e. The number of halogens is 2. The highest BCUT2D eigenvalue weighted by Crippen LogP contribution is 2.28. The molecule has 23 heavy (non-hydrogen) atoms. The van der Waals surface area contributed by atoms with Gasteiger partial charge in [-0.05, 0) is 29.8 Å². The van der Waals surface area contributed by atoms with Crippen molar-refractivity contribution < 1.29 is 8.42 Å². The highest BCUT2D eigenvalue weighted by Gasteiger charge is 2.29. The highest BCUT2D eigenvalue weighted by atomic mass is 35.5. The van der Waals surface area contributed by atoms with Gasteiger partial charge < -0.3 is 0 Å². The molecule has 0 radical (unpaired) electrons. The number of sulfonamides is 1. The molecule has 1 aliphatic rings. The molecule has 0 unspecified atom stereocenters. The van der Waals surface area contributed by atoms with Crippen LogP contribution in [-0.2, 0) is 16.6 Å². The molecule has 2 aromatic rings. The molecule has 0 atom stereocenters. The molecule has 8 heteroatoms. The summed E-state index contributed by atoms with van der Waals surface area (Å²) < 4.78 is 27.4. The van der Waals surface area contributed by atoms with Crippen molar-refractivity contribution in [1.29, 1.82) is 0 Å². The molecule has 2 heterocycles. The Hall–Kier alpha value is -0.630. The molecule has 1 saturated heterocycles. The fourth-order valence-corrected chi connectivity index (χ4v) is 5.72. The van der Waals surface area contributed by atoms with E-state index in [0.29, 0.717) is 34.7 Å². The summed E-state index contributed by atoms with van der Waals surface area (Å²) in [5, 5.41) is 0.722. The average molecular weight is 391 g/mol. The maximum Gasteiger partial charge on any atom is 0.252 e. The number of hydrogen-bond donors (Lipinski definition) is 0. The van der Waals surface area contributed by atoms with E-state index < -0.39 is 10.0 Å². The first-order valence-corrected chi connectivity index (χ1v) is 10.2. The number of nitrogens with zero attached hydrogens (tertiary/aromatic N) is 2. The van der Waals surface area contributed by atoms with Crippen molar-refractivity contribution in [2.24, 2.45) is 0 Å². The Kier molecular flexibility index (Phi) is 5.30. The molecule has 4 nitrogen and oxygen atoms in total. The van der Waals surface area contributed by atoms with Crippen LogP contribution in [0.1, 0.15) is 5.56 Å². The third kappa shape index (κ3) is 4.07. The Morgan fingerprint density at radius 1 is 0.957 bits per heavy atom.